The number of hydrogen-bond acceptors (Lipinski definition) is 2. The van der Waals surface area contributed by atoms with Gasteiger partial charge in [-0.3, -0.25) is 0 Å². The number of nitrogens with zero attached hydrogens (tertiary/aromatic N) is 1. The van der Waals surface area contributed by atoms with Crippen LogP contribution in [-0.2, 0) is 0 Å². The van der Waals surface area contributed by atoms with E-state index in [-0.39, 0.29) is 5.41 Å². The summed E-state index contributed by atoms with van der Waals surface area (Å²) < 4.78 is 0. The summed E-state index contributed by atoms with van der Waals surface area (Å²) in [6.45, 7) is 6.37. The van der Waals surface area contributed by atoms with Crippen LogP contribution in [-0.4, -0.2) is 36.2 Å². The third-order valence-electron chi connectivity index (χ3n) is 5.24. The fourth-order valence-corrected chi connectivity index (χ4v) is 3.57. The fraction of sp³-hybridized carbons (Fsp3) is 1.00. The molecule has 1 aliphatic heterocycles. The van der Waals surface area contributed by atoms with Gasteiger partial charge in [-0.2, -0.15) is 0 Å². The van der Waals surface area contributed by atoms with Gasteiger partial charge in [0.25, 0.3) is 0 Å². The summed E-state index contributed by atoms with van der Waals surface area (Å²) in [4.78, 5) is 2.65. The van der Waals surface area contributed by atoms with E-state index in [9.17, 15) is 5.11 Å². The van der Waals surface area contributed by atoms with E-state index < -0.39 is 0 Å². The lowest BCUT2D eigenvalue weighted by molar-refractivity contribution is 0.0332. The Kier molecular flexibility index (Phi) is 4.87. The van der Waals surface area contributed by atoms with Gasteiger partial charge in [-0.25, -0.2) is 0 Å². The molecule has 1 heterocycles. The highest BCUT2D eigenvalue weighted by Gasteiger charge is 2.32. The molecule has 2 aliphatic rings. The van der Waals surface area contributed by atoms with Crippen LogP contribution in [0.3, 0.4) is 0 Å². The van der Waals surface area contributed by atoms with Gasteiger partial charge in [0.1, 0.15) is 0 Å². The standard InChI is InChI=1S/C15H29NO/c1-2-15(13-17)8-10-16(11-9-15)12-14-6-4-3-5-7-14/h14,17H,2-13H2,1H3. The van der Waals surface area contributed by atoms with Gasteiger partial charge in [0.15, 0.2) is 0 Å². The Balaban J connectivity index is 1.74. The van der Waals surface area contributed by atoms with Crippen molar-refractivity contribution in [2.24, 2.45) is 11.3 Å². The lowest BCUT2D eigenvalue weighted by atomic mass is 9.76. The second-order valence-electron chi connectivity index (χ2n) is 6.32. The molecule has 0 radical (unpaired) electrons. The predicted molar refractivity (Wildman–Crippen MR) is 72.1 cm³/mol. The summed E-state index contributed by atoms with van der Waals surface area (Å²) in [7, 11) is 0. The van der Waals surface area contributed by atoms with Crippen molar-refractivity contribution in [3.8, 4) is 0 Å². The molecule has 1 saturated carbocycles. The van der Waals surface area contributed by atoms with E-state index in [1.165, 1.54) is 64.6 Å². The van der Waals surface area contributed by atoms with E-state index >= 15 is 0 Å². The van der Waals surface area contributed by atoms with E-state index in [0.717, 1.165) is 12.3 Å². The molecule has 17 heavy (non-hydrogen) atoms. The number of hydrogen-bond donors (Lipinski definition) is 1. The van der Waals surface area contributed by atoms with Crippen LogP contribution >= 0.6 is 0 Å². The van der Waals surface area contributed by atoms with Crippen LogP contribution in [0.25, 0.3) is 0 Å². The zero-order chi connectivity index (χ0) is 12.1. The Morgan fingerprint density at radius 3 is 2.29 bits per heavy atom. The SMILES string of the molecule is CCC1(CO)CCN(CC2CCCCC2)CC1. The number of likely N-dealkylation sites (tertiary alicyclic amines) is 1. The van der Waals surface area contributed by atoms with Crippen molar-refractivity contribution < 1.29 is 5.11 Å². The molecule has 1 N–H and O–H groups in total. The first-order valence-corrected chi connectivity index (χ1v) is 7.61. The molecule has 0 amide bonds. The molecule has 0 atom stereocenters. The van der Waals surface area contributed by atoms with E-state index in [4.69, 9.17) is 0 Å². The Bertz CT molecular complexity index is 209. The summed E-state index contributed by atoms with van der Waals surface area (Å²) >= 11 is 0. The van der Waals surface area contributed by atoms with Crippen molar-refractivity contribution in [2.75, 3.05) is 26.2 Å². The number of aliphatic hydroxyl groups is 1. The van der Waals surface area contributed by atoms with Crippen LogP contribution in [0.2, 0.25) is 0 Å². The quantitative estimate of drug-likeness (QED) is 0.815. The van der Waals surface area contributed by atoms with Gasteiger partial charge in [0.05, 0.1) is 0 Å². The minimum absolute atomic E-state index is 0.253. The Morgan fingerprint density at radius 2 is 1.76 bits per heavy atom. The molecule has 100 valence electrons. The van der Waals surface area contributed by atoms with Crippen LogP contribution in [0.5, 0.6) is 0 Å². The number of piperidine rings is 1. The minimum Gasteiger partial charge on any atom is -0.396 e. The predicted octanol–water partition coefficient (Wildman–Crippen LogP) is 3.05. The highest BCUT2D eigenvalue weighted by Crippen LogP contribution is 2.35. The van der Waals surface area contributed by atoms with Gasteiger partial charge in [0.2, 0.25) is 0 Å². The van der Waals surface area contributed by atoms with Crippen LogP contribution in [0.1, 0.15) is 58.3 Å². The van der Waals surface area contributed by atoms with Gasteiger partial charge in [0, 0.05) is 13.2 Å². The molecule has 0 spiro atoms. The lowest BCUT2D eigenvalue weighted by Crippen LogP contribution is -2.43. The molecule has 2 rings (SSSR count). The van der Waals surface area contributed by atoms with E-state index in [1.807, 2.05) is 0 Å². The molecule has 0 unspecified atom stereocenters. The van der Waals surface area contributed by atoms with E-state index in [0.29, 0.717) is 6.61 Å². The van der Waals surface area contributed by atoms with Crippen LogP contribution in [0.4, 0.5) is 0 Å². The van der Waals surface area contributed by atoms with Crippen molar-refractivity contribution in [2.45, 2.75) is 58.3 Å². The van der Waals surface area contributed by atoms with Gasteiger partial charge < -0.3 is 10.0 Å². The van der Waals surface area contributed by atoms with Crippen molar-refractivity contribution in [3.05, 3.63) is 0 Å². The van der Waals surface area contributed by atoms with Crippen LogP contribution in [0.15, 0.2) is 0 Å². The van der Waals surface area contributed by atoms with Gasteiger partial charge in [-0.1, -0.05) is 26.2 Å². The Morgan fingerprint density at radius 1 is 1.12 bits per heavy atom. The third-order valence-corrected chi connectivity index (χ3v) is 5.24. The lowest BCUT2D eigenvalue weighted by Gasteiger charge is -2.41. The van der Waals surface area contributed by atoms with Crippen molar-refractivity contribution in [1.82, 2.24) is 4.90 Å². The van der Waals surface area contributed by atoms with Gasteiger partial charge >= 0.3 is 0 Å². The molecular weight excluding hydrogens is 210 g/mol. The maximum Gasteiger partial charge on any atom is 0.0488 e. The first-order valence-electron chi connectivity index (χ1n) is 7.61. The topological polar surface area (TPSA) is 23.5 Å². The van der Waals surface area contributed by atoms with Crippen molar-refractivity contribution >= 4 is 0 Å². The largest absolute Gasteiger partial charge is 0.396 e. The van der Waals surface area contributed by atoms with E-state index in [1.54, 1.807) is 0 Å². The normalized spacial score (nSPS) is 27.2. The summed E-state index contributed by atoms with van der Waals surface area (Å²) in [5.41, 5.74) is 0.253. The second kappa shape index (κ2) is 6.19. The van der Waals surface area contributed by atoms with Crippen LogP contribution in [0, 0.1) is 11.3 Å². The Labute approximate surface area is 106 Å². The summed E-state index contributed by atoms with van der Waals surface area (Å²) in [6.07, 6.45) is 10.8. The maximum atomic E-state index is 9.53. The molecule has 0 aromatic rings. The van der Waals surface area contributed by atoms with E-state index in [2.05, 4.69) is 11.8 Å². The second-order valence-corrected chi connectivity index (χ2v) is 6.32. The molecule has 2 fully saturated rings. The number of aliphatic hydroxyl groups excluding tert-OH is 1. The Hall–Kier alpha value is -0.0800. The van der Waals surface area contributed by atoms with Crippen LogP contribution < -0.4 is 0 Å². The molecule has 0 aromatic carbocycles. The first-order chi connectivity index (χ1) is 8.28. The van der Waals surface area contributed by atoms with Crippen molar-refractivity contribution in [1.29, 1.82) is 0 Å². The zero-order valence-corrected chi connectivity index (χ0v) is 11.5. The van der Waals surface area contributed by atoms with Gasteiger partial charge in [-0.15, -0.1) is 0 Å². The molecule has 2 nitrogen and oxygen atoms in total. The first kappa shape index (κ1) is 13.4. The molecule has 1 saturated heterocycles. The highest BCUT2D eigenvalue weighted by molar-refractivity contribution is 4.85. The molecule has 2 heteroatoms. The molecular formula is C15H29NO. The summed E-state index contributed by atoms with van der Waals surface area (Å²) in [5.74, 6) is 0.965. The zero-order valence-electron chi connectivity index (χ0n) is 11.5. The summed E-state index contributed by atoms with van der Waals surface area (Å²) in [6, 6.07) is 0. The van der Waals surface area contributed by atoms with Gasteiger partial charge in [-0.05, 0) is 56.5 Å². The number of rotatable bonds is 4. The third kappa shape index (κ3) is 3.45. The monoisotopic (exact) mass is 239 g/mol. The average molecular weight is 239 g/mol. The fourth-order valence-electron chi connectivity index (χ4n) is 3.57. The molecule has 1 aliphatic carbocycles. The molecule has 0 bridgehead atoms. The highest BCUT2D eigenvalue weighted by atomic mass is 16.3. The molecule has 0 aromatic heterocycles. The average Bonchev–Trinajstić information content (AvgIpc) is 2.41. The smallest absolute Gasteiger partial charge is 0.0488 e. The summed E-state index contributed by atoms with van der Waals surface area (Å²) in [5, 5.41) is 9.53. The maximum absolute atomic E-state index is 9.53. The minimum atomic E-state index is 0.253. The van der Waals surface area contributed by atoms with Crippen molar-refractivity contribution in [3.63, 3.8) is 0 Å².